The third kappa shape index (κ3) is 6.80. The lowest BCUT2D eigenvalue weighted by Crippen LogP contribution is -2.60. The van der Waals surface area contributed by atoms with Crippen LogP contribution < -0.4 is 5.32 Å². The highest BCUT2D eigenvalue weighted by atomic mass is 32.1. The third-order valence-electron chi connectivity index (χ3n) is 7.59. The number of nitrogens with zero attached hydrogens (tertiary/aromatic N) is 1. The van der Waals surface area contributed by atoms with Crippen molar-refractivity contribution in [3.05, 3.63) is 64.4 Å². The van der Waals surface area contributed by atoms with Gasteiger partial charge < -0.3 is 4.90 Å². The van der Waals surface area contributed by atoms with E-state index in [4.69, 9.17) is 0 Å². The molecule has 1 aromatic heterocycles. The SMILES string of the molecule is O=C(/C=C/c1ccccc1)N(Cc1cccs1)C1NCCCC12CCCCCCCCCC2. The van der Waals surface area contributed by atoms with E-state index in [-0.39, 0.29) is 17.5 Å². The first-order valence-electron chi connectivity index (χ1n) is 13.1. The summed E-state index contributed by atoms with van der Waals surface area (Å²) < 4.78 is 0. The van der Waals surface area contributed by atoms with E-state index < -0.39 is 0 Å². The molecule has 4 heteroatoms. The van der Waals surface area contributed by atoms with Crippen molar-refractivity contribution < 1.29 is 4.79 Å². The Bertz CT molecular complexity index is 849. The number of amides is 1. The van der Waals surface area contributed by atoms with Crippen molar-refractivity contribution in [2.45, 2.75) is 89.8 Å². The normalized spacial score (nSPS) is 22.1. The summed E-state index contributed by atoms with van der Waals surface area (Å²) in [7, 11) is 0. The van der Waals surface area contributed by atoms with Gasteiger partial charge in [0.15, 0.2) is 0 Å². The molecule has 1 aliphatic heterocycles. The molecule has 33 heavy (non-hydrogen) atoms. The molecule has 1 unspecified atom stereocenters. The summed E-state index contributed by atoms with van der Waals surface area (Å²) in [4.78, 5) is 17.1. The molecule has 3 nitrogen and oxygen atoms in total. The van der Waals surface area contributed by atoms with Gasteiger partial charge in [-0.3, -0.25) is 10.1 Å². The van der Waals surface area contributed by atoms with Crippen LogP contribution in [0.4, 0.5) is 0 Å². The summed E-state index contributed by atoms with van der Waals surface area (Å²) in [6, 6.07) is 14.4. The van der Waals surface area contributed by atoms with Crippen LogP contribution in [0.25, 0.3) is 6.08 Å². The fourth-order valence-electron chi connectivity index (χ4n) is 5.83. The molecule has 0 radical (unpaired) electrons. The van der Waals surface area contributed by atoms with Crippen LogP contribution in [-0.4, -0.2) is 23.5 Å². The van der Waals surface area contributed by atoms with Gasteiger partial charge in [-0.1, -0.05) is 87.8 Å². The molecule has 1 saturated heterocycles. The molecule has 2 fully saturated rings. The standard InChI is InChI=1S/C29H40N2OS/c32-27(18-17-25-14-8-7-9-15-25)31(24-26-16-12-23-33-26)28-29(21-13-22-30-28)19-10-5-3-1-2-4-6-11-20-29/h7-9,12,14-18,23,28,30H,1-6,10-11,13,19-22,24H2/b18-17+. The zero-order chi connectivity index (χ0) is 22.8. The van der Waals surface area contributed by atoms with Crippen molar-refractivity contribution in [1.82, 2.24) is 10.2 Å². The Kier molecular flexibility index (Phi) is 9.19. The average Bonchev–Trinajstić information content (AvgIpc) is 3.35. The quantitative estimate of drug-likeness (QED) is 0.468. The van der Waals surface area contributed by atoms with Crippen LogP contribution in [-0.2, 0) is 11.3 Å². The molecule has 2 aromatic rings. The minimum atomic E-state index is 0.113. The predicted octanol–water partition coefficient (Wildman–Crippen LogP) is 7.40. The molecule has 1 spiro atoms. The number of benzene rings is 1. The number of carbonyl (C=O) groups is 1. The van der Waals surface area contributed by atoms with Gasteiger partial charge in [-0.25, -0.2) is 0 Å². The molecule has 0 bridgehead atoms. The molecule has 2 heterocycles. The number of rotatable bonds is 5. The van der Waals surface area contributed by atoms with E-state index in [0.29, 0.717) is 6.54 Å². The molecule has 2 aliphatic rings. The second-order valence-electron chi connectivity index (χ2n) is 9.94. The van der Waals surface area contributed by atoms with Crippen LogP contribution in [0.1, 0.15) is 87.5 Å². The molecular formula is C29H40N2OS. The predicted molar refractivity (Wildman–Crippen MR) is 140 cm³/mol. The van der Waals surface area contributed by atoms with Gasteiger partial charge in [0.2, 0.25) is 5.91 Å². The van der Waals surface area contributed by atoms with E-state index in [1.807, 2.05) is 24.3 Å². The van der Waals surface area contributed by atoms with Crippen LogP contribution >= 0.6 is 11.3 Å². The van der Waals surface area contributed by atoms with Crippen molar-refractivity contribution in [3.63, 3.8) is 0 Å². The Morgan fingerprint density at radius 1 is 0.909 bits per heavy atom. The van der Waals surface area contributed by atoms with Crippen molar-refractivity contribution in [1.29, 1.82) is 0 Å². The lowest BCUT2D eigenvalue weighted by molar-refractivity contribution is -0.135. The minimum Gasteiger partial charge on any atom is -0.318 e. The summed E-state index contributed by atoms with van der Waals surface area (Å²) in [5.74, 6) is 0.125. The van der Waals surface area contributed by atoms with Gasteiger partial charge >= 0.3 is 0 Å². The van der Waals surface area contributed by atoms with E-state index in [2.05, 4.69) is 39.9 Å². The Morgan fingerprint density at radius 3 is 2.24 bits per heavy atom. The van der Waals surface area contributed by atoms with Crippen LogP contribution in [0, 0.1) is 5.41 Å². The van der Waals surface area contributed by atoms with Crippen LogP contribution in [0.15, 0.2) is 53.9 Å². The Morgan fingerprint density at radius 2 is 1.58 bits per heavy atom. The van der Waals surface area contributed by atoms with Crippen LogP contribution in [0.2, 0.25) is 0 Å². The largest absolute Gasteiger partial charge is 0.318 e. The van der Waals surface area contributed by atoms with E-state index in [9.17, 15) is 4.79 Å². The maximum absolute atomic E-state index is 13.7. The smallest absolute Gasteiger partial charge is 0.248 e. The van der Waals surface area contributed by atoms with Gasteiger partial charge in [-0.2, -0.15) is 0 Å². The zero-order valence-corrected chi connectivity index (χ0v) is 20.8. The summed E-state index contributed by atoms with van der Waals surface area (Å²) >= 11 is 1.75. The highest BCUT2D eigenvalue weighted by molar-refractivity contribution is 7.09. The van der Waals surface area contributed by atoms with Crippen LogP contribution in [0.5, 0.6) is 0 Å². The van der Waals surface area contributed by atoms with E-state index in [1.54, 1.807) is 17.4 Å². The lowest BCUT2D eigenvalue weighted by atomic mass is 9.69. The van der Waals surface area contributed by atoms with Gasteiger partial charge in [0.1, 0.15) is 0 Å². The summed E-state index contributed by atoms with van der Waals surface area (Å²) in [5, 5.41) is 5.97. The fourth-order valence-corrected chi connectivity index (χ4v) is 6.53. The molecule has 1 atom stereocenters. The number of hydrogen-bond donors (Lipinski definition) is 1. The second kappa shape index (κ2) is 12.5. The summed E-state index contributed by atoms with van der Waals surface area (Å²) in [6.45, 7) is 1.69. The average molecular weight is 465 g/mol. The number of hydrogen-bond acceptors (Lipinski definition) is 3. The second-order valence-corrected chi connectivity index (χ2v) is 11.0. The van der Waals surface area contributed by atoms with Crippen LogP contribution in [0.3, 0.4) is 0 Å². The molecule has 1 amide bonds. The summed E-state index contributed by atoms with van der Waals surface area (Å²) in [5.41, 5.74) is 1.26. The fraction of sp³-hybridized carbons (Fsp3) is 0.552. The Hall–Kier alpha value is -1.91. The number of carbonyl (C=O) groups excluding carboxylic acids is 1. The lowest BCUT2D eigenvalue weighted by Gasteiger charge is -2.50. The highest BCUT2D eigenvalue weighted by Crippen LogP contribution is 2.44. The number of nitrogens with one attached hydrogen (secondary N) is 1. The molecule has 1 N–H and O–H groups in total. The number of thiophene rings is 1. The van der Waals surface area contributed by atoms with E-state index in [0.717, 1.165) is 12.1 Å². The van der Waals surface area contributed by atoms with E-state index >= 15 is 0 Å². The maximum atomic E-state index is 13.7. The van der Waals surface area contributed by atoms with Crippen molar-refractivity contribution in [3.8, 4) is 0 Å². The first-order valence-corrected chi connectivity index (χ1v) is 13.9. The molecule has 1 saturated carbocycles. The molecular weight excluding hydrogens is 424 g/mol. The van der Waals surface area contributed by atoms with Gasteiger partial charge in [-0.05, 0) is 55.3 Å². The molecule has 178 valence electrons. The van der Waals surface area contributed by atoms with Crippen molar-refractivity contribution >= 4 is 23.3 Å². The molecule has 1 aliphatic carbocycles. The van der Waals surface area contributed by atoms with Gasteiger partial charge in [0, 0.05) is 16.4 Å². The highest BCUT2D eigenvalue weighted by Gasteiger charge is 2.44. The van der Waals surface area contributed by atoms with Gasteiger partial charge in [0.25, 0.3) is 0 Å². The molecule has 1 aromatic carbocycles. The zero-order valence-electron chi connectivity index (χ0n) is 20.0. The van der Waals surface area contributed by atoms with Crippen molar-refractivity contribution in [2.75, 3.05) is 6.54 Å². The monoisotopic (exact) mass is 464 g/mol. The first-order chi connectivity index (χ1) is 16.3. The van der Waals surface area contributed by atoms with Crippen molar-refractivity contribution in [2.24, 2.45) is 5.41 Å². The number of piperidine rings is 1. The first kappa shape index (κ1) is 24.2. The Labute approximate surface area is 204 Å². The minimum absolute atomic E-state index is 0.113. The van der Waals surface area contributed by atoms with E-state index in [1.165, 1.54) is 81.9 Å². The maximum Gasteiger partial charge on any atom is 0.248 e. The third-order valence-corrected chi connectivity index (χ3v) is 8.45. The summed E-state index contributed by atoms with van der Waals surface area (Å²) in [6.07, 6.45) is 19.6. The van der Waals surface area contributed by atoms with Gasteiger partial charge in [0.05, 0.1) is 12.7 Å². The van der Waals surface area contributed by atoms with Gasteiger partial charge in [-0.15, -0.1) is 11.3 Å². The Balaban J connectivity index is 1.60. The molecule has 4 rings (SSSR count). The topological polar surface area (TPSA) is 32.3 Å².